The van der Waals surface area contributed by atoms with Gasteiger partial charge in [0.05, 0.1) is 13.2 Å². The van der Waals surface area contributed by atoms with E-state index in [1.807, 2.05) is 0 Å². The van der Waals surface area contributed by atoms with Gasteiger partial charge in [-0.05, 0) is 43.4 Å². The van der Waals surface area contributed by atoms with Gasteiger partial charge in [-0.1, -0.05) is 6.42 Å². The van der Waals surface area contributed by atoms with Gasteiger partial charge in [0.25, 0.3) is 0 Å². The van der Waals surface area contributed by atoms with Crippen LogP contribution < -0.4 is 10.6 Å². The van der Waals surface area contributed by atoms with Gasteiger partial charge in [0.2, 0.25) is 5.91 Å². The molecule has 1 aliphatic heterocycles. The van der Waals surface area contributed by atoms with Crippen molar-refractivity contribution in [1.29, 1.82) is 0 Å². The van der Waals surface area contributed by atoms with Gasteiger partial charge in [-0.3, -0.25) is 4.79 Å². The van der Waals surface area contributed by atoms with E-state index < -0.39 is 0 Å². The normalized spacial score (nSPS) is 37.5. The zero-order valence-corrected chi connectivity index (χ0v) is 11.7. The quantitative estimate of drug-likeness (QED) is 0.789. The Morgan fingerprint density at radius 2 is 2.26 bits per heavy atom. The van der Waals surface area contributed by atoms with Gasteiger partial charge in [-0.2, -0.15) is 0 Å². The Morgan fingerprint density at radius 1 is 1.32 bits per heavy atom. The summed E-state index contributed by atoms with van der Waals surface area (Å²) in [6.45, 7) is 3.16. The average molecular weight is 266 g/mol. The van der Waals surface area contributed by atoms with Crippen LogP contribution in [0.1, 0.15) is 38.5 Å². The van der Waals surface area contributed by atoms with Gasteiger partial charge in [0.15, 0.2) is 0 Å². The molecule has 19 heavy (non-hydrogen) atoms. The van der Waals surface area contributed by atoms with E-state index in [0.717, 1.165) is 37.5 Å². The van der Waals surface area contributed by atoms with E-state index in [4.69, 9.17) is 4.74 Å². The lowest BCUT2D eigenvalue weighted by Crippen LogP contribution is -2.44. The molecule has 0 aromatic carbocycles. The Bertz CT molecular complexity index is 315. The molecule has 4 unspecified atom stereocenters. The van der Waals surface area contributed by atoms with Crippen LogP contribution in [-0.4, -0.2) is 38.3 Å². The van der Waals surface area contributed by atoms with E-state index in [1.54, 1.807) is 0 Å². The highest BCUT2D eigenvalue weighted by molar-refractivity contribution is 5.76. The van der Waals surface area contributed by atoms with Crippen LogP contribution in [0.3, 0.4) is 0 Å². The van der Waals surface area contributed by atoms with E-state index in [0.29, 0.717) is 13.0 Å². The van der Waals surface area contributed by atoms with Gasteiger partial charge >= 0.3 is 0 Å². The summed E-state index contributed by atoms with van der Waals surface area (Å²) in [5, 5.41) is 6.40. The Morgan fingerprint density at radius 3 is 2.95 bits per heavy atom. The molecule has 3 aliphatic rings. The number of fused-ring (bicyclic) bond motifs is 2. The zero-order valence-electron chi connectivity index (χ0n) is 11.7. The first-order valence-corrected chi connectivity index (χ1v) is 7.89. The van der Waals surface area contributed by atoms with E-state index in [1.165, 1.54) is 32.1 Å². The van der Waals surface area contributed by atoms with Gasteiger partial charge in [0, 0.05) is 25.6 Å². The van der Waals surface area contributed by atoms with Crippen LogP contribution in [0.5, 0.6) is 0 Å². The molecule has 0 aromatic heterocycles. The Balaban J connectivity index is 1.30. The molecule has 2 aliphatic carbocycles. The second-order valence-corrected chi connectivity index (χ2v) is 6.50. The smallest absolute Gasteiger partial charge is 0.221 e. The third-order valence-electron chi connectivity index (χ3n) is 5.15. The topological polar surface area (TPSA) is 50.4 Å². The Labute approximate surface area is 115 Å². The molecular formula is C15H26N2O2. The SMILES string of the molecule is O=C(CC1COCCN1)NCCC1CC2CCC1C2. The summed E-state index contributed by atoms with van der Waals surface area (Å²) in [6.07, 6.45) is 7.51. The minimum atomic E-state index is 0.172. The zero-order chi connectivity index (χ0) is 13.1. The lowest BCUT2D eigenvalue weighted by molar-refractivity contribution is -0.122. The van der Waals surface area contributed by atoms with Crippen molar-refractivity contribution in [3.05, 3.63) is 0 Å². The van der Waals surface area contributed by atoms with Crippen LogP contribution in [0.15, 0.2) is 0 Å². The lowest BCUT2D eigenvalue weighted by atomic mass is 9.86. The van der Waals surface area contributed by atoms with Crippen molar-refractivity contribution >= 4 is 5.91 Å². The highest BCUT2D eigenvalue weighted by Crippen LogP contribution is 2.49. The molecule has 1 heterocycles. The summed E-state index contributed by atoms with van der Waals surface area (Å²) in [5.74, 6) is 3.03. The summed E-state index contributed by atoms with van der Waals surface area (Å²) in [7, 11) is 0. The largest absolute Gasteiger partial charge is 0.378 e. The first-order valence-electron chi connectivity index (χ1n) is 7.89. The van der Waals surface area contributed by atoms with Crippen molar-refractivity contribution in [2.75, 3.05) is 26.3 Å². The maximum Gasteiger partial charge on any atom is 0.221 e. The van der Waals surface area contributed by atoms with Gasteiger partial charge in [-0.25, -0.2) is 0 Å². The number of carbonyl (C=O) groups is 1. The fourth-order valence-electron chi connectivity index (χ4n) is 4.17. The maximum absolute atomic E-state index is 11.8. The number of nitrogens with one attached hydrogen (secondary N) is 2. The molecule has 2 bridgehead atoms. The van der Waals surface area contributed by atoms with Crippen molar-refractivity contribution < 1.29 is 9.53 Å². The van der Waals surface area contributed by atoms with Crippen LogP contribution in [0.2, 0.25) is 0 Å². The molecule has 0 spiro atoms. The van der Waals surface area contributed by atoms with E-state index in [-0.39, 0.29) is 11.9 Å². The number of ether oxygens (including phenoxy) is 1. The molecule has 2 N–H and O–H groups in total. The summed E-state index contributed by atoms with van der Waals surface area (Å²) in [5.41, 5.74) is 0. The predicted octanol–water partition coefficient (Wildman–Crippen LogP) is 1.31. The van der Waals surface area contributed by atoms with Crippen LogP contribution >= 0.6 is 0 Å². The fourth-order valence-corrected chi connectivity index (χ4v) is 4.17. The summed E-state index contributed by atoms with van der Waals surface area (Å²) in [6, 6.07) is 0.205. The monoisotopic (exact) mass is 266 g/mol. The highest BCUT2D eigenvalue weighted by Gasteiger charge is 2.38. The molecule has 4 nitrogen and oxygen atoms in total. The van der Waals surface area contributed by atoms with E-state index >= 15 is 0 Å². The van der Waals surface area contributed by atoms with E-state index in [2.05, 4.69) is 10.6 Å². The average Bonchev–Trinajstić information content (AvgIpc) is 3.02. The molecule has 0 aromatic rings. The maximum atomic E-state index is 11.8. The number of morpholine rings is 1. The highest BCUT2D eigenvalue weighted by atomic mass is 16.5. The van der Waals surface area contributed by atoms with Crippen LogP contribution in [0, 0.1) is 17.8 Å². The standard InChI is InChI=1S/C15H26N2O2/c18-15(9-14-10-19-6-5-16-14)17-4-3-13-8-11-1-2-12(13)7-11/h11-14,16H,1-10H2,(H,17,18). The number of carbonyl (C=O) groups excluding carboxylic acids is 1. The minimum Gasteiger partial charge on any atom is -0.378 e. The van der Waals surface area contributed by atoms with Crippen molar-refractivity contribution in [2.45, 2.75) is 44.6 Å². The molecular weight excluding hydrogens is 240 g/mol. The molecule has 2 saturated carbocycles. The third-order valence-corrected chi connectivity index (χ3v) is 5.15. The van der Waals surface area contributed by atoms with Crippen LogP contribution in [0.25, 0.3) is 0 Å². The predicted molar refractivity (Wildman–Crippen MR) is 73.8 cm³/mol. The number of hydrogen-bond acceptors (Lipinski definition) is 3. The van der Waals surface area contributed by atoms with Gasteiger partial charge in [0.1, 0.15) is 0 Å². The second-order valence-electron chi connectivity index (χ2n) is 6.50. The van der Waals surface area contributed by atoms with Crippen molar-refractivity contribution in [1.82, 2.24) is 10.6 Å². The van der Waals surface area contributed by atoms with Crippen molar-refractivity contribution in [3.8, 4) is 0 Å². The summed E-state index contributed by atoms with van der Waals surface area (Å²) >= 11 is 0. The number of amides is 1. The Hall–Kier alpha value is -0.610. The van der Waals surface area contributed by atoms with E-state index in [9.17, 15) is 4.79 Å². The fraction of sp³-hybridized carbons (Fsp3) is 0.933. The lowest BCUT2D eigenvalue weighted by Gasteiger charge is -2.24. The summed E-state index contributed by atoms with van der Waals surface area (Å²) in [4.78, 5) is 11.8. The Kier molecular flexibility index (Phi) is 4.38. The first-order chi connectivity index (χ1) is 9.31. The van der Waals surface area contributed by atoms with Gasteiger partial charge in [-0.15, -0.1) is 0 Å². The minimum absolute atomic E-state index is 0.172. The molecule has 3 rings (SSSR count). The first kappa shape index (κ1) is 13.4. The molecule has 1 amide bonds. The number of rotatable bonds is 5. The molecule has 4 heteroatoms. The van der Waals surface area contributed by atoms with Crippen LogP contribution in [-0.2, 0) is 9.53 Å². The van der Waals surface area contributed by atoms with Crippen molar-refractivity contribution in [3.63, 3.8) is 0 Å². The second kappa shape index (κ2) is 6.23. The molecule has 4 atom stereocenters. The molecule has 3 fully saturated rings. The summed E-state index contributed by atoms with van der Waals surface area (Å²) < 4.78 is 5.36. The molecule has 108 valence electrons. The number of hydrogen-bond donors (Lipinski definition) is 2. The van der Waals surface area contributed by atoms with Crippen LogP contribution in [0.4, 0.5) is 0 Å². The molecule has 0 radical (unpaired) electrons. The third kappa shape index (κ3) is 3.48. The molecule has 1 saturated heterocycles. The van der Waals surface area contributed by atoms with Crippen molar-refractivity contribution in [2.24, 2.45) is 17.8 Å². The van der Waals surface area contributed by atoms with Gasteiger partial charge < -0.3 is 15.4 Å².